The summed E-state index contributed by atoms with van der Waals surface area (Å²) in [5.74, 6) is 2.01. The second-order valence-electron chi connectivity index (χ2n) is 5.73. The number of anilines is 1. The van der Waals surface area contributed by atoms with Crippen LogP contribution in [0.25, 0.3) is 0 Å². The summed E-state index contributed by atoms with van der Waals surface area (Å²) in [6, 6.07) is 8.54. The average Bonchev–Trinajstić information content (AvgIpc) is 2.56. The summed E-state index contributed by atoms with van der Waals surface area (Å²) >= 11 is 0. The number of aromatic nitrogens is 2. The van der Waals surface area contributed by atoms with Crippen LogP contribution in [0, 0.1) is 0 Å². The minimum atomic E-state index is 0.274. The van der Waals surface area contributed by atoms with Crippen LogP contribution in [0.2, 0.25) is 0 Å². The molecule has 2 aliphatic rings. The number of hydrogen-bond donors (Lipinski definition) is 1. The fourth-order valence-electron chi connectivity index (χ4n) is 3.30. The van der Waals surface area contributed by atoms with Crippen molar-refractivity contribution in [3.63, 3.8) is 0 Å². The molecule has 1 aromatic carbocycles. The van der Waals surface area contributed by atoms with E-state index in [4.69, 9.17) is 4.74 Å². The molecule has 1 aliphatic heterocycles. The first-order valence-corrected chi connectivity index (χ1v) is 7.73. The van der Waals surface area contributed by atoms with Gasteiger partial charge in [0.25, 0.3) is 0 Å². The summed E-state index contributed by atoms with van der Waals surface area (Å²) in [5, 5.41) is 3.63. The first-order valence-electron chi connectivity index (χ1n) is 7.73. The van der Waals surface area contributed by atoms with Crippen LogP contribution in [0.4, 0.5) is 5.82 Å². The lowest BCUT2D eigenvalue weighted by Gasteiger charge is -2.28. The van der Waals surface area contributed by atoms with Gasteiger partial charge in [0.05, 0.1) is 12.6 Å². The minimum absolute atomic E-state index is 0.274. The summed E-state index contributed by atoms with van der Waals surface area (Å²) in [7, 11) is 0. The number of para-hydroxylation sites is 1. The zero-order chi connectivity index (χ0) is 14.1. The lowest BCUT2D eigenvalue weighted by atomic mass is 9.95. The van der Waals surface area contributed by atoms with Crippen LogP contribution in [-0.2, 0) is 12.8 Å². The van der Waals surface area contributed by atoms with Gasteiger partial charge in [0, 0.05) is 23.2 Å². The normalized spacial score (nSPS) is 20.1. The Morgan fingerprint density at radius 2 is 2.00 bits per heavy atom. The van der Waals surface area contributed by atoms with Gasteiger partial charge in [0.2, 0.25) is 0 Å². The van der Waals surface area contributed by atoms with Crippen molar-refractivity contribution in [3.05, 3.63) is 47.4 Å². The van der Waals surface area contributed by atoms with Gasteiger partial charge in [0.15, 0.2) is 0 Å². The van der Waals surface area contributed by atoms with Crippen molar-refractivity contribution in [3.8, 4) is 5.75 Å². The molecule has 0 saturated heterocycles. The van der Waals surface area contributed by atoms with Gasteiger partial charge in [-0.05, 0) is 31.7 Å². The Morgan fingerprint density at radius 3 is 3.00 bits per heavy atom. The monoisotopic (exact) mass is 281 g/mol. The maximum Gasteiger partial charge on any atom is 0.133 e. The summed E-state index contributed by atoms with van der Waals surface area (Å²) < 4.78 is 5.73. The molecular weight excluding hydrogens is 262 g/mol. The molecule has 1 unspecified atom stereocenters. The number of hydrogen-bond acceptors (Lipinski definition) is 4. The van der Waals surface area contributed by atoms with E-state index in [1.807, 2.05) is 12.1 Å². The molecule has 4 rings (SSSR count). The van der Waals surface area contributed by atoms with Crippen molar-refractivity contribution in [2.24, 2.45) is 0 Å². The minimum Gasteiger partial charge on any atom is -0.493 e. The molecule has 2 heterocycles. The Balaban J connectivity index is 1.66. The molecular formula is C17H19N3O. The number of aryl methyl sites for hydroxylation is 1. The van der Waals surface area contributed by atoms with Crippen molar-refractivity contribution >= 4 is 5.82 Å². The Morgan fingerprint density at radius 1 is 1.10 bits per heavy atom. The van der Waals surface area contributed by atoms with Crippen LogP contribution in [0.3, 0.4) is 0 Å². The molecule has 1 aromatic heterocycles. The highest BCUT2D eigenvalue weighted by atomic mass is 16.5. The van der Waals surface area contributed by atoms with E-state index in [2.05, 4.69) is 27.4 Å². The van der Waals surface area contributed by atoms with Crippen molar-refractivity contribution < 1.29 is 4.74 Å². The quantitative estimate of drug-likeness (QED) is 0.917. The van der Waals surface area contributed by atoms with Gasteiger partial charge in [0.1, 0.15) is 17.9 Å². The van der Waals surface area contributed by atoms with E-state index in [1.165, 1.54) is 29.7 Å². The second kappa shape index (κ2) is 5.35. The van der Waals surface area contributed by atoms with E-state index in [9.17, 15) is 0 Å². The fourth-order valence-corrected chi connectivity index (χ4v) is 3.30. The third kappa shape index (κ3) is 2.35. The van der Waals surface area contributed by atoms with Gasteiger partial charge in [-0.2, -0.15) is 0 Å². The Labute approximate surface area is 124 Å². The molecule has 0 radical (unpaired) electrons. The van der Waals surface area contributed by atoms with Crippen molar-refractivity contribution in [1.29, 1.82) is 0 Å². The van der Waals surface area contributed by atoms with Gasteiger partial charge in [-0.25, -0.2) is 9.97 Å². The summed E-state index contributed by atoms with van der Waals surface area (Å²) in [5.41, 5.74) is 3.76. The number of ether oxygens (including phenoxy) is 1. The molecule has 108 valence electrons. The molecule has 1 aliphatic carbocycles. The van der Waals surface area contributed by atoms with Crippen LogP contribution in [0.5, 0.6) is 5.75 Å². The third-order valence-electron chi connectivity index (χ3n) is 4.39. The molecule has 2 aromatic rings. The Hall–Kier alpha value is -2.10. The van der Waals surface area contributed by atoms with Crippen molar-refractivity contribution in [2.75, 3.05) is 11.9 Å². The van der Waals surface area contributed by atoms with E-state index in [0.29, 0.717) is 0 Å². The van der Waals surface area contributed by atoms with E-state index >= 15 is 0 Å². The maximum atomic E-state index is 5.73. The number of benzene rings is 1. The predicted molar refractivity (Wildman–Crippen MR) is 81.6 cm³/mol. The molecule has 0 saturated carbocycles. The predicted octanol–water partition coefficient (Wildman–Crippen LogP) is 3.29. The highest BCUT2D eigenvalue weighted by Gasteiger charge is 2.23. The molecule has 4 nitrogen and oxygen atoms in total. The zero-order valence-electron chi connectivity index (χ0n) is 12.0. The second-order valence-corrected chi connectivity index (χ2v) is 5.73. The molecule has 0 spiro atoms. The lowest BCUT2D eigenvalue weighted by Crippen LogP contribution is -2.22. The number of rotatable bonds is 2. The molecule has 0 bridgehead atoms. The first kappa shape index (κ1) is 12.6. The lowest BCUT2D eigenvalue weighted by molar-refractivity contribution is 0.274. The largest absolute Gasteiger partial charge is 0.493 e. The van der Waals surface area contributed by atoms with Crippen LogP contribution >= 0.6 is 0 Å². The van der Waals surface area contributed by atoms with Gasteiger partial charge >= 0.3 is 0 Å². The zero-order valence-corrected chi connectivity index (χ0v) is 12.0. The van der Waals surface area contributed by atoms with E-state index in [1.54, 1.807) is 6.33 Å². The highest BCUT2D eigenvalue weighted by Crippen LogP contribution is 2.35. The molecule has 4 heteroatoms. The molecule has 1 atom stereocenters. The summed E-state index contributed by atoms with van der Waals surface area (Å²) in [6.45, 7) is 0.752. The number of nitrogens with zero attached hydrogens (tertiary/aromatic N) is 2. The summed E-state index contributed by atoms with van der Waals surface area (Å²) in [6.07, 6.45) is 7.30. The maximum absolute atomic E-state index is 5.73. The summed E-state index contributed by atoms with van der Waals surface area (Å²) in [4.78, 5) is 8.94. The SMILES string of the molecule is c1ccc2c(c1)OCCC2Nc1ncnc2c1CCCC2. The van der Waals surface area contributed by atoms with Gasteiger partial charge in [-0.1, -0.05) is 18.2 Å². The van der Waals surface area contributed by atoms with Crippen LogP contribution in [-0.4, -0.2) is 16.6 Å². The van der Waals surface area contributed by atoms with Crippen molar-refractivity contribution in [2.45, 2.75) is 38.1 Å². The molecule has 0 fully saturated rings. The number of fused-ring (bicyclic) bond motifs is 2. The van der Waals surface area contributed by atoms with Gasteiger partial charge < -0.3 is 10.1 Å². The first-order chi connectivity index (χ1) is 10.4. The molecule has 1 N–H and O–H groups in total. The fraction of sp³-hybridized carbons (Fsp3) is 0.412. The number of nitrogens with one attached hydrogen (secondary N) is 1. The Kier molecular flexibility index (Phi) is 3.22. The average molecular weight is 281 g/mol. The standard InChI is InChI=1S/C17H19N3O/c1-3-7-14-13(6-1)17(19-11-18-14)20-15-9-10-21-16-8-4-2-5-12(15)16/h2,4-5,8,11,15H,1,3,6-7,9-10H2,(H,18,19,20). The Bertz CT molecular complexity index is 656. The van der Waals surface area contributed by atoms with Crippen LogP contribution in [0.1, 0.15) is 42.1 Å². The van der Waals surface area contributed by atoms with E-state index in [-0.39, 0.29) is 6.04 Å². The van der Waals surface area contributed by atoms with E-state index in [0.717, 1.165) is 37.4 Å². The van der Waals surface area contributed by atoms with Crippen LogP contribution in [0.15, 0.2) is 30.6 Å². The van der Waals surface area contributed by atoms with Crippen LogP contribution < -0.4 is 10.1 Å². The molecule has 21 heavy (non-hydrogen) atoms. The van der Waals surface area contributed by atoms with E-state index < -0.39 is 0 Å². The topological polar surface area (TPSA) is 47.0 Å². The van der Waals surface area contributed by atoms with Gasteiger partial charge in [-0.15, -0.1) is 0 Å². The van der Waals surface area contributed by atoms with Gasteiger partial charge in [-0.3, -0.25) is 0 Å². The smallest absolute Gasteiger partial charge is 0.133 e. The highest BCUT2D eigenvalue weighted by molar-refractivity contribution is 5.50. The third-order valence-corrected chi connectivity index (χ3v) is 4.39. The molecule has 0 amide bonds. The van der Waals surface area contributed by atoms with Crippen molar-refractivity contribution in [1.82, 2.24) is 9.97 Å².